The molecule has 0 atom stereocenters. The lowest BCUT2D eigenvalue weighted by Gasteiger charge is -2.04. The van der Waals surface area contributed by atoms with Crippen LogP contribution in [0.2, 0.25) is 0 Å². The quantitative estimate of drug-likeness (QED) is 0.580. The molecule has 0 fully saturated rings. The molecule has 0 spiro atoms. The minimum absolute atomic E-state index is 0.315. The number of aromatic nitrogens is 2. The summed E-state index contributed by atoms with van der Waals surface area (Å²) in [6.45, 7) is 8.72. The molecule has 0 saturated heterocycles. The monoisotopic (exact) mass is 222 g/mol. The fourth-order valence-electron chi connectivity index (χ4n) is 1.31. The third kappa shape index (κ3) is 3.22. The first-order valence-corrected chi connectivity index (χ1v) is 5.39. The molecule has 0 radical (unpaired) electrons. The molecule has 1 heterocycles. The van der Waals surface area contributed by atoms with Crippen molar-refractivity contribution in [3.8, 4) is 0 Å². The third-order valence-electron chi connectivity index (χ3n) is 2.12. The van der Waals surface area contributed by atoms with Crippen molar-refractivity contribution in [2.45, 2.75) is 34.2 Å². The summed E-state index contributed by atoms with van der Waals surface area (Å²) < 4.78 is 6.77. The first-order chi connectivity index (χ1) is 7.54. The Morgan fingerprint density at radius 3 is 2.81 bits per heavy atom. The van der Waals surface area contributed by atoms with E-state index >= 15 is 0 Å². The van der Waals surface area contributed by atoms with Gasteiger partial charge in [0.05, 0.1) is 5.69 Å². The summed E-state index contributed by atoms with van der Waals surface area (Å²) in [5.74, 6) is -0.319. The van der Waals surface area contributed by atoms with Crippen molar-refractivity contribution in [1.29, 1.82) is 0 Å². The van der Waals surface area contributed by atoms with Crippen molar-refractivity contribution in [1.82, 2.24) is 9.78 Å². The largest absolute Gasteiger partial charge is 0.457 e. The summed E-state index contributed by atoms with van der Waals surface area (Å²) in [5.41, 5.74) is 2.48. The van der Waals surface area contributed by atoms with Gasteiger partial charge in [-0.15, -0.1) is 0 Å². The Labute approximate surface area is 95.9 Å². The van der Waals surface area contributed by atoms with Gasteiger partial charge in [0, 0.05) is 6.54 Å². The highest BCUT2D eigenvalue weighted by molar-refractivity contribution is 5.87. The molecule has 1 aromatic heterocycles. The number of carbonyl (C=O) groups is 1. The van der Waals surface area contributed by atoms with E-state index in [1.807, 2.05) is 33.8 Å². The third-order valence-corrected chi connectivity index (χ3v) is 2.12. The normalized spacial score (nSPS) is 10.0. The second-order valence-electron chi connectivity index (χ2n) is 3.87. The van der Waals surface area contributed by atoms with Gasteiger partial charge in [0.15, 0.2) is 0 Å². The highest BCUT2D eigenvalue weighted by Crippen LogP contribution is 2.05. The number of ether oxygens (including phenoxy) is 1. The molecule has 16 heavy (non-hydrogen) atoms. The summed E-state index contributed by atoms with van der Waals surface area (Å²) in [4.78, 5) is 11.7. The zero-order valence-corrected chi connectivity index (χ0v) is 10.3. The highest BCUT2D eigenvalue weighted by Gasteiger charge is 2.13. The van der Waals surface area contributed by atoms with E-state index in [1.165, 1.54) is 0 Å². The van der Waals surface area contributed by atoms with Gasteiger partial charge in [0.25, 0.3) is 0 Å². The topological polar surface area (TPSA) is 44.1 Å². The van der Waals surface area contributed by atoms with Gasteiger partial charge in [-0.05, 0) is 39.8 Å². The first kappa shape index (κ1) is 12.5. The van der Waals surface area contributed by atoms with Crippen molar-refractivity contribution >= 4 is 5.97 Å². The van der Waals surface area contributed by atoms with Crippen molar-refractivity contribution in [3.05, 3.63) is 29.1 Å². The molecule has 1 rings (SSSR count). The summed E-state index contributed by atoms with van der Waals surface area (Å²) in [6, 6.07) is 1.74. The predicted octanol–water partition coefficient (Wildman–Crippen LogP) is 2.33. The Morgan fingerprint density at radius 2 is 2.25 bits per heavy atom. The molecule has 4 heteroatoms. The number of hydrogen-bond donors (Lipinski definition) is 0. The first-order valence-electron chi connectivity index (χ1n) is 5.39. The van der Waals surface area contributed by atoms with E-state index in [0.29, 0.717) is 18.8 Å². The van der Waals surface area contributed by atoms with Crippen LogP contribution in [-0.2, 0) is 11.3 Å². The Morgan fingerprint density at radius 1 is 1.56 bits per heavy atom. The van der Waals surface area contributed by atoms with Crippen molar-refractivity contribution < 1.29 is 9.53 Å². The van der Waals surface area contributed by atoms with Gasteiger partial charge in [0.1, 0.15) is 12.3 Å². The zero-order chi connectivity index (χ0) is 12.1. The van der Waals surface area contributed by atoms with Crippen LogP contribution in [0.4, 0.5) is 0 Å². The van der Waals surface area contributed by atoms with Crippen LogP contribution in [0, 0.1) is 6.92 Å². The molecule has 0 N–H and O–H groups in total. The molecule has 1 aromatic rings. The lowest BCUT2D eigenvalue weighted by Crippen LogP contribution is -2.12. The van der Waals surface area contributed by atoms with Crippen LogP contribution in [0.25, 0.3) is 0 Å². The van der Waals surface area contributed by atoms with Gasteiger partial charge < -0.3 is 4.74 Å². The van der Waals surface area contributed by atoms with Crippen LogP contribution < -0.4 is 0 Å². The Hall–Kier alpha value is -1.58. The second kappa shape index (κ2) is 5.49. The van der Waals surface area contributed by atoms with E-state index in [9.17, 15) is 4.79 Å². The summed E-state index contributed by atoms with van der Waals surface area (Å²) >= 11 is 0. The molecule has 0 aromatic carbocycles. The molecule has 0 aliphatic rings. The van der Waals surface area contributed by atoms with Gasteiger partial charge in [-0.1, -0.05) is 5.57 Å². The van der Waals surface area contributed by atoms with Crippen LogP contribution in [0.3, 0.4) is 0 Å². The summed E-state index contributed by atoms with van der Waals surface area (Å²) in [5, 5.41) is 4.19. The van der Waals surface area contributed by atoms with E-state index in [-0.39, 0.29) is 5.97 Å². The molecule has 88 valence electrons. The van der Waals surface area contributed by atoms with Crippen LogP contribution in [-0.4, -0.2) is 22.4 Å². The smallest absolute Gasteiger partial charge is 0.356 e. The van der Waals surface area contributed by atoms with E-state index < -0.39 is 0 Å². The molecule has 0 bridgehead atoms. The van der Waals surface area contributed by atoms with Gasteiger partial charge in [-0.3, -0.25) is 4.68 Å². The molecular formula is C12H18N2O2. The molecule has 0 unspecified atom stereocenters. The van der Waals surface area contributed by atoms with Crippen LogP contribution in [0.5, 0.6) is 0 Å². The van der Waals surface area contributed by atoms with Crippen molar-refractivity contribution in [2.75, 3.05) is 6.61 Å². The Bertz CT molecular complexity index is 401. The lowest BCUT2D eigenvalue weighted by atomic mass is 10.3. The van der Waals surface area contributed by atoms with E-state index in [2.05, 4.69) is 5.10 Å². The van der Waals surface area contributed by atoms with Crippen LogP contribution in [0.15, 0.2) is 17.7 Å². The Balaban J connectivity index is 2.69. The van der Waals surface area contributed by atoms with Crippen molar-refractivity contribution in [3.63, 3.8) is 0 Å². The number of allylic oxidation sites excluding steroid dienone is 1. The molecule has 0 aliphatic carbocycles. The average Bonchev–Trinajstić information content (AvgIpc) is 2.59. The van der Waals surface area contributed by atoms with Crippen molar-refractivity contribution in [2.24, 2.45) is 0 Å². The number of hydrogen-bond acceptors (Lipinski definition) is 3. The standard InChI is InChI=1S/C12H18N2O2/c1-5-14-11(8-10(4)13-14)12(15)16-7-6-9(2)3/h6,8H,5,7H2,1-4H3. The average molecular weight is 222 g/mol. The highest BCUT2D eigenvalue weighted by atomic mass is 16.5. The molecular weight excluding hydrogens is 204 g/mol. The second-order valence-corrected chi connectivity index (χ2v) is 3.87. The molecule has 0 saturated carbocycles. The maximum absolute atomic E-state index is 11.7. The van der Waals surface area contributed by atoms with Gasteiger partial charge in [-0.2, -0.15) is 5.10 Å². The Kier molecular flexibility index (Phi) is 4.28. The maximum atomic E-state index is 11.7. The number of aryl methyl sites for hydroxylation is 2. The van der Waals surface area contributed by atoms with Crippen LogP contribution >= 0.6 is 0 Å². The summed E-state index contributed by atoms with van der Waals surface area (Å²) in [6.07, 6.45) is 1.87. The van der Waals surface area contributed by atoms with E-state index in [1.54, 1.807) is 10.7 Å². The van der Waals surface area contributed by atoms with E-state index in [0.717, 1.165) is 11.3 Å². The predicted molar refractivity (Wildman–Crippen MR) is 62.4 cm³/mol. The number of carbonyl (C=O) groups excluding carboxylic acids is 1. The fourth-order valence-corrected chi connectivity index (χ4v) is 1.31. The number of esters is 1. The number of rotatable bonds is 4. The van der Waals surface area contributed by atoms with E-state index in [4.69, 9.17) is 4.74 Å². The van der Waals surface area contributed by atoms with Gasteiger partial charge in [-0.25, -0.2) is 4.79 Å². The fraction of sp³-hybridized carbons (Fsp3) is 0.500. The molecule has 0 amide bonds. The number of nitrogens with zero attached hydrogens (tertiary/aromatic N) is 2. The minimum atomic E-state index is -0.319. The lowest BCUT2D eigenvalue weighted by molar-refractivity contribution is 0.0535. The molecule has 0 aliphatic heterocycles. The maximum Gasteiger partial charge on any atom is 0.356 e. The van der Waals surface area contributed by atoms with Gasteiger partial charge >= 0.3 is 5.97 Å². The van der Waals surface area contributed by atoms with Crippen LogP contribution in [0.1, 0.15) is 37.0 Å². The molecule has 4 nitrogen and oxygen atoms in total. The SMILES string of the molecule is CCn1nc(C)cc1C(=O)OCC=C(C)C. The summed E-state index contributed by atoms with van der Waals surface area (Å²) in [7, 11) is 0. The zero-order valence-electron chi connectivity index (χ0n) is 10.3. The minimum Gasteiger partial charge on any atom is -0.457 e. The van der Waals surface area contributed by atoms with Gasteiger partial charge in [0.2, 0.25) is 0 Å².